The van der Waals surface area contributed by atoms with Crippen LogP contribution in [-0.2, 0) is 15.9 Å². The number of hydrogen-bond donors (Lipinski definition) is 1. The zero-order valence-corrected chi connectivity index (χ0v) is 22.9. The van der Waals surface area contributed by atoms with Crippen LogP contribution in [0.4, 0.5) is 5.69 Å². The molecule has 0 aromatic heterocycles. The molecule has 6 nitrogen and oxygen atoms in total. The van der Waals surface area contributed by atoms with E-state index in [1.54, 1.807) is 7.11 Å². The van der Waals surface area contributed by atoms with Gasteiger partial charge >= 0.3 is 0 Å². The van der Waals surface area contributed by atoms with Gasteiger partial charge in [-0.15, -0.1) is 0 Å². The number of nitrogens with one attached hydrogen (secondary N) is 1. The van der Waals surface area contributed by atoms with Crippen LogP contribution >= 0.6 is 0 Å². The van der Waals surface area contributed by atoms with E-state index < -0.39 is 0 Å². The van der Waals surface area contributed by atoms with Gasteiger partial charge < -0.3 is 19.7 Å². The lowest BCUT2D eigenvalue weighted by Crippen LogP contribution is -2.49. The van der Waals surface area contributed by atoms with Gasteiger partial charge in [-0.1, -0.05) is 62.4 Å². The first-order valence-corrected chi connectivity index (χ1v) is 14.5. The predicted octanol–water partition coefficient (Wildman–Crippen LogP) is 4.64. The van der Waals surface area contributed by atoms with Crippen LogP contribution in [0, 0.1) is 17.8 Å². The van der Waals surface area contributed by atoms with Crippen molar-refractivity contribution in [2.45, 2.75) is 70.3 Å². The Labute approximate surface area is 222 Å². The largest absolute Gasteiger partial charge is 0.385 e. The van der Waals surface area contributed by atoms with Crippen LogP contribution in [0.25, 0.3) is 0 Å². The number of piperidine rings is 1. The second-order valence-corrected chi connectivity index (χ2v) is 11.2. The summed E-state index contributed by atoms with van der Waals surface area (Å²) < 4.78 is 11.6. The molecule has 4 rings (SSSR count). The third-order valence-electron chi connectivity index (χ3n) is 8.48. The second-order valence-electron chi connectivity index (χ2n) is 11.2. The highest BCUT2D eigenvalue weighted by molar-refractivity contribution is 5.59. The van der Waals surface area contributed by atoms with Gasteiger partial charge in [-0.05, 0) is 63.1 Å². The Kier molecular flexibility index (Phi) is 10.8. The van der Waals surface area contributed by atoms with Crippen molar-refractivity contribution in [2.24, 2.45) is 17.8 Å². The van der Waals surface area contributed by atoms with Crippen LogP contribution in [-0.4, -0.2) is 47.0 Å². The van der Waals surface area contributed by atoms with E-state index in [0.717, 1.165) is 56.8 Å². The lowest BCUT2D eigenvalue weighted by Gasteiger charge is -2.39. The number of hydrogen-bond acceptors (Lipinski definition) is 6. The molecule has 2 aromatic rings. The van der Waals surface area contributed by atoms with Gasteiger partial charge in [0.15, 0.2) is 0 Å². The van der Waals surface area contributed by atoms with E-state index in [1.807, 2.05) is 13.1 Å². The Balaban J connectivity index is 1.47. The lowest BCUT2D eigenvalue weighted by molar-refractivity contribution is -0.00238. The zero-order chi connectivity index (χ0) is 26.0. The molecule has 1 saturated heterocycles. The van der Waals surface area contributed by atoms with E-state index in [0.29, 0.717) is 31.2 Å². The predicted molar refractivity (Wildman–Crippen MR) is 150 cm³/mol. The van der Waals surface area contributed by atoms with Crippen LogP contribution in [0.15, 0.2) is 39.9 Å². The van der Waals surface area contributed by atoms with Crippen molar-refractivity contribution >= 4 is 5.69 Å². The lowest BCUT2D eigenvalue weighted by atomic mass is 9.80. The van der Waals surface area contributed by atoms with Gasteiger partial charge in [-0.2, -0.15) is 0 Å². The molecule has 1 saturated carbocycles. The van der Waals surface area contributed by atoms with Crippen molar-refractivity contribution < 1.29 is 9.47 Å². The van der Waals surface area contributed by atoms with Gasteiger partial charge in [0.25, 0.3) is 0 Å². The average molecular weight is 511 g/mol. The molecule has 204 valence electrons. The van der Waals surface area contributed by atoms with E-state index in [1.165, 1.54) is 37.7 Å². The molecule has 2 aromatic carbocycles. The molecule has 0 radical (unpaired) electrons. The van der Waals surface area contributed by atoms with Crippen LogP contribution in [0.5, 0.6) is 0 Å². The first kappa shape index (κ1) is 28.0. The van der Waals surface area contributed by atoms with Gasteiger partial charge in [0.2, 0.25) is 10.9 Å². The molecule has 2 aliphatic rings. The Bertz CT molecular complexity index is 1010. The highest BCUT2D eigenvalue weighted by atomic mass is 16.5. The first-order chi connectivity index (χ1) is 18.1. The van der Waals surface area contributed by atoms with Crippen molar-refractivity contribution in [3.63, 3.8) is 0 Å². The van der Waals surface area contributed by atoms with E-state index in [-0.39, 0.29) is 22.9 Å². The van der Waals surface area contributed by atoms with Gasteiger partial charge in [-0.25, -0.2) is 0 Å². The van der Waals surface area contributed by atoms with Crippen LogP contribution in [0.1, 0.15) is 75.0 Å². The van der Waals surface area contributed by atoms with Gasteiger partial charge in [0.1, 0.15) is 0 Å². The summed E-state index contributed by atoms with van der Waals surface area (Å²) in [7, 11) is 3.70. The summed E-state index contributed by atoms with van der Waals surface area (Å²) in [5.74, 6) is 1.42. The maximum Gasteiger partial charge on any atom is 0.249 e. The zero-order valence-electron chi connectivity index (χ0n) is 22.9. The summed E-state index contributed by atoms with van der Waals surface area (Å²) in [6, 6.07) is 10.4. The standard InChI is InChI=1S/C31H46N2O4/c1-32-21-24(19-23-11-5-3-6-12-23)20-27-28(30(35)29(27)34)33-16-9-15-26(22-33)31(37-18-10-17-36-2)25-13-7-4-8-14-25/h4,7-8,13-14,23-24,26,31-32H,3,5-6,9-12,15-22H2,1-2H3/t24-,26-,31+/m1/s1. The average Bonchev–Trinajstić information content (AvgIpc) is 2.94. The van der Waals surface area contributed by atoms with Crippen molar-refractivity contribution in [3.8, 4) is 0 Å². The molecule has 1 N–H and O–H groups in total. The van der Waals surface area contributed by atoms with E-state index in [4.69, 9.17) is 9.47 Å². The minimum atomic E-state index is -0.284. The number of methoxy groups -OCH3 is 1. The fourth-order valence-corrected chi connectivity index (χ4v) is 6.68. The first-order valence-electron chi connectivity index (χ1n) is 14.5. The Morgan fingerprint density at radius 3 is 2.51 bits per heavy atom. The highest BCUT2D eigenvalue weighted by Crippen LogP contribution is 2.36. The Morgan fingerprint density at radius 1 is 1.00 bits per heavy atom. The number of nitrogens with zero attached hydrogens (tertiary/aromatic N) is 1. The molecule has 0 bridgehead atoms. The highest BCUT2D eigenvalue weighted by Gasteiger charge is 2.34. The monoisotopic (exact) mass is 510 g/mol. The number of rotatable bonds is 14. The summed E-state index contributed by atoms with van der Waals surface area (Å²) in [4.78, 5) is 27.9. The topological polar surface area (TPSA) is 67.9 Å². The van der Waals surface area contributed by atoms with Crippen molar-refractivity contribution in [2.75, 3.05) is 51.9 Å². The summed E-state index contributed by atoms with van der Waals surface area (Å²) in [5, 5.41) is 3.34. The smallest absolute Gasteiger partial charge is 0.249 e. The molecular formula is C31H46N2O4. The summed E-state index contributed by atoms with van der Waals surface area (Å²) >= 11 is 0. The maximum absolute atomic E-state index is 12.9. The van der Waals surface area contributed by atoms with Crippen molar-refractivity contribution in [1.29, 1.82) is 0 Å². The van der Waals surface area contributed by atoms with Crippen molar-refractivity contribution in [3.05, 3.63) is 61.9 Å². The van der Waals surface area contributed by atoms with Crippen LogP contribution in [0.3, 0.4) is 0 Å². The van der Waals surface area contributed by atoms with Gasteiger partial charge in [-0.3, -0.25) is 9.59 Å². The van der Waals surface area contributed by atoms with Crippen LogP contribution in [0.2, 0.25) is 0 Å². The molecule has 2 fully saturated rings. The maximum atomic E-state index is 12.9. The third-order valence-corrected chi connectivity index (χ3v) is 8.48. The molecule has 6 heteroatoms. The summed E-state index contributed by atoms with van der Waals surface area (Å²) in [5.41, 5.74) is 2.12. The second kappa shape index (κ2) is 14.2. The molecule has 0 unspecified atom stereocenters. The van der Waals surface area contributed by atoms with E-state index in [2.05, 4.69) is 34.5 Å². The molecular weight excluding hydrogens is 464 g/mol. The molecule has 0 amide bonds. The molecule has 3 atom stereocenters. The fourth-order valence-electron chi connectivity index (χ4n) is 6.68. The van der Waals surface area contributed by atoms with Crippen molar-refractivity contribution in [1.82, 2.24) is 5.32 Å². The SMILES string of the molecule is CNC[C@@H](Cc1c(N2CCC[C@@H]([C@@H](OCCCOC)c3ccccc3)C2)c(=O)c1=O)CC1CCCCC1. The minimum Gasteiger partial charge on any atom is -0.385 e. The Morgan fingerprint density at radius 2 is 1.78 bits per heavy atom. The number of ether oxygens (including phenoxy) is 2. The third kappa shape index (κ3) is 7.30. The quantitative estimate of drug-likeness (QED) is 0.295. The molecule has 1 heterocycles. The molecule has 0 spiro atoms. The minimum absolute atomic E-state index is 0.0286. The number of anilines is 1. The summed E-state index contributed by atoms with van der Waals surface area (Å²) in [6.07, 6.45) is 11.3. The fraction of sp³-hybridized carbons (Fsp3) is 0.677. The Hall–Kier alpha value is -2.02. The van der Waals surface area contributed by atoms with Crippen LogP contribution < -0.4 is 21.1 Å². The molecule has 1 aliphatic carbocycles. The molecule has 1 aliphatic heterocycles. The normalized spacial score (nSPS) is 20.8. The summed E-state index contributed by atoms with van der Waals surface area (Å²) in [6.45, 7) is 3.80. The van der Waals surface area contributed by atoms with E-state index in [9.17, 15) is 9.59 Å². The van der Waals surface area contributed by atoms with Gasteiger partial charge in [0.05, 0.1) is 11.8 Å². The van der Waals surface area contributed by atoms with Gasteiger partial charge in [0, 0.05) is 44.9 Å². The van der Waals surface area contributed by atoms with E-state index >= 15 is 0 Å². The number of benzene rings is 1. The molecule has 37 heavy (non-hydrogen) atoms.